The Balaban J connectivity index is 2.30. The Bertz CT molecular complexity index is 466. The summed E-state index contributed by atoms with van der Waals surface area (Å²) in [6.07, 6.45) is 3.49. The zero-order valence-corrected chi connectivity index (χ0v) is 8.23. The zero-order valence-electron chi connectivity index (χ0n) is 8.23. The van der Waals surface area contributed by atoms with E-state index in [0.717, 1.165) is 5.56 Å². The molecule has 0 atom stereocenters. The molecule has 0 unspecified atom stereocenters. The van der Waals surface area contributed by atoms with Crippen LogP contribution in [0.2, 0.25) is 0 Å². The van der Waals surface area contributed by atoms with Crippen LogP contribution < -0.4 is 0 Å². The summed E-state index contributed by atoms with van der Waals surface area (Å²) in [6.45, 7) is 3.66. The van der Waals surface area contributed by atoms with Gasteiger partial charge in [0.2, 0.25) is 5.78 Å². The van der Waals surface area contributed by atoms with E-state index in [1.54, 1.807) is 30.5 Å². The highest BCUT2D eigenvalue weighted by atomic mass is 16.1. The molecule has 0 aliphatic carbocycles. The molecule has 0 saturated carbocycles. The van der Waals surface area contributed by atoms with E-state index in [-0.39, 0.29) is 5.78 Å². The lowest BCUT2D eigenvalue weighted by atomic mass is 10.1. The predicted molar refractivity (Wildman–Crippen MR) is 60.8 cm³/mol. The summed E-state index contributed by atoms with van der Waals surface area (Å²) in [5.41, 5.74) is 2.31. The molecule has 2 rings (SSSR count). The lowest BCUT2D eigenvalue weighted by Crippen LogP contribution is -2.00. The van der Waals surface area contributed by atoms with Crippen molar-refractivity contribution in [3.05, 3.63) is 66.0 Å². The van der Waals surface area contributed by atoms with Crippen LogP contribution in [0.4, 0.5) is 0 Å². The number of nitrogens with one attached hydrogen (secondary N) is 1. The minimum Gasteiger partial charge on any atom is -0.359 e. The second-order valence-electron chi connectivity index (χ2n) is 3.24. The van der Waals surface area contributed by atoms with Gasteiger partial charge in [-0.05, 0) is 17.7 Å². The zero-order chi connectivity index (χ0) is 10.7. The van der Waals surface area contributed by atoms with Crippen molar-refractivity contribution in [3.63, 3.8) is 0 Å². The summed E-state index contributed by atoms with van der Waals surface area (Å²) in [7, 11) is 0. The van der Waals surface area contributed by atoms with Gasteiger partial charge >= 0.3 is 0 Å². The number of benzene rings is 1. The van der Waals surface area contributed by atoms with Crippen molar-refractivity contribution >= 4 is 11.9 Å². The molecule has 1 N–H and O–H groups in total. The van der Waals surface area contributed by atoms with E-state index in [2.05, 4.69) is 11.6 Å². The number of carbonyl (C=O) groups is 1. The second-order valence-corrected chi connectivity index (χ2v) is 3.24. The smallest absolute Gasteiger partial charge is 0.209 e. The quantitative estimate of drug-likeness (QED) is 0.754. The van der Waals surface area contributed by atoms with E-state index < -0.39 is 0 Å². The number of rotatable bonds is 3. The highest BCUT2D eigenvalue weighted by Gasteiger charge is 2.08. The number of carbonyl (C=O) groups excluding carboxylic acids is 1. The van der Waals surface area contributed by atoms with E-state index in [0.29, 0.717) is 11.3 Å². The summed E-state index contributed by atoms with van der Waals surface area (Å²) in [4.78, 5) is 14.7. The van der Waals surface area contributed by atoms with Gasteiger partial charge in [0.25, 0.3) is 0 Å². The lowest BCUT2D eigenvalue weighted by molar-refractivity contribution is 0.103. The highest BCUT2D eigenvalue weighted by molar-refractivity contribution is 6.07. The third-order valence-corrected chi connectivity index (χ3v) is 2.25. The van der Waals surface area contributed by atoms with Gasteiger partial charge in [0.05, 0.1) is 5.69 Å². The molecular weight excluding hydrogens is 186 g/mol. The third-order valence-electron chi connectivity index (χ3n) is 2.25. The molecule has 2 aromatic rings. The van der Waals surface area contributed by atoms with Gasteiger partial charge in [-0.3, -0.25) is 4.79 Å². The maximum Gasteiger partial charge on any atom is 0.209 e. The van der Waals surface area contributed by atoms with Gasteiger partial charge < -0.3 is 4.98 Å². The maximum atomic E-state index is 11.8. The van der Waals surface area contributed by atoms with Crippen molar-refractivity contribution in [3.8, 4) is 0 Å². The van der Waals surface area contributed by atoms with Crippen LogP contribution in [0.15, 0.2) is 49.2 Å². The molecule has 0 spiro atoms. The summed E-state index contributed by atoms with van der Waals surface area (Å²) >= 11 is 0. The fraction of sp³-hybridized carbons (Fsp3) is 0. The number of hydrogen-bond acceptors (Lipinski definition) is 1. The molecule has 2 heteroatoms. The van der Waals surface area contributed by atoms with Gasteiger partial charge in [0.1, 0.15) is 0 Å². The first kappa shape index (κ1) is 9.46. The van der Waals surface area contributed by atoms with E-state index in [1.165, 1.54) is 0 Å². The van der Waals surface area contributed by atoms with E-state index >= 15 is 0 Å². The van der Waals surface area contributed by atoms with Crippen molar-refractivity contribution in [2.75, 3.05) is 0 Å². The van der Waals surface area contributed by atoms with Crippen LogP contribution in [-0.4, -0.2) is 10.8 Å². The largest absolute Gasteiger partial charge is 0.359 e. The Hall–Kier alpha value is -2.09. The molecule has 0 bridgehead atoms. The topological polar surface area (TPSA) is 32.9 Å². The van der Waals surface area contributed by atoms with Crippen LogP contribution in [0.3, 0.4) is 0 Å². The van der Waals surface area contributed by atoms with Gasteiger partial charge in [-0.2, -0.15) is 0 Å². The minimum atomic E-state index is 0.00983. The van der Waals surface area contributed by atoms with Crippen LogP contribution in [0.1, 0.15) is 21.6 Å². The van der Waals surface area contributed by atoms with Crippen molar-refractivity contribution in [1.82, 2.24) is 4.98 Å². The number of H-pyrrole nitrogens is 1. The van der Waals surface area contributed by atoms with Gasteiger partial charge in [-0.1, -0.05) is 36.9 Å². The average Bonchev–Trinajstić information content (AvgIpc) is 2.82. The molecule has 15 heavy (non-hydrogen) atoms. The predicted octanol–water partition coefficient (Wildman–Crippen LogP) is 2.89. The minimum absolute atomic E-state index is 0.00983. The molecule has 0 radical (unpaired) electrons. The van der Waals surface area contributed by atoms with Gasteiger partial charge in [0.15, 0.2) is 0 Å². The van der Waals surface area contributed by atoms with Crippen LogP contribution in [0, 0.1) is 0 Å². The summed E-state index contributed by atoms with van der Waals surface area (Å²) in [6, 6.07) is 10.9. The maximum absolute atomic E-state index is 11.8. The fourth-order valence-corrected chi connectivity index (χ4v) is 1.40. The lowest BCUT2D eigenvalue weighted by Gasteiger charge is -1.99. The second kappa shape index (κ2) is 3.96. The summed E-state index contributed by atoms with van der Waals surface area (Å²) in [5, 5.41) is 0. The summed E-state index contributed by atoms with van der Waals surface area (Å²) in [5.74, 6) is 0.00983. The monoisotopic (exact) mass is 197 g/mol. The molecule has 1 heterocycles. The number of aromatic nitrogens is 1. The molecule has 1 aromatic heterocycles. The Morgan fingerprint density at radius 1 is 1.20 bits per heavy atom. The molecule has 74 valence electrons. The van der Waals surface area contributed by atoms with E-state index in [1.807, 2.05) is 18.2 Å². The number of aromatic amines is 1. The van der Waals surface area contributed by atoms with Crippen LogP contribution in [-0.2, 0) is 0 Å². The van der Waals surface area contributed by atoms with Gasteiger partial charge in [-0.15, -0.1) is 0 Å². The van der Waals surface area contributed by atoms with Crippen LogP contribution in [0.5, 0.6) is 0 Å². The molecular formula is C13H11NO. The molecule has 0 saturated heterocycles. The van der Waals surface area contributed by atoms with Gasteiger partial charge in [0, 0.05) is 11.8 Å². The fourth-order valence-electron chi connectivity index (χ4n) is 1.40. The Morgan fingerprint density at radius 3 is 2.47 bits per heavy atom. The average molecular weight is 197 g/mol. The van der Waals surface area contributed by atoms with E-state index in [4.69, 9.17) is 0 Å². The third kappa shape index (κ3) is 1.89. The molecule has 1 aromatic carbocycles. The normalized spacial score (nSPS) is 9.87. The standard InChI is InChI=1S/C13H11NO/c1-2-10-5-7-11(8-6-10)13(15)12-4-3-9-14-12/h2-9,14H,1H2. The summed E-state index contributed by atoms with van der Waals surface area (Å²) < 4.78 is 0. The molecule has 0 aliphatic heterocycles. The molecule has 0 amide bonds. The molecule has 0 aliphatic rings. The van der Waals surface area contributed by atoms with Crippen molar-refractivity contribution in [1.29, 1.82) is 0 Å². The van der Waals surface area contributed by atoms with Crippen molar-refractivity contribution < 1.29 is 4.79 Å². The highest BCUT2D eigenvalue weighted by Crippen LogP contribution is 2.10. The number of ketones is 1. The van der Waals surface area contributed by atoms with E-state index in [9.17, 15) is 4.79 Å². The Labute approximate surface area is 88.3 Å². The Kier molecular flexibility index (Phi) is 2.50. The van der Waals surface area contributed by atoms with Gasteiger partial charge in [-0.25, -0.2) is 0 Å². The first-order valence-corrected chi connectivity index (χ1v) is 4.72. The van der Waals surface area contributed by atoms with Crippen molar-refractivity contribution in [2.24, 2.45) is 0 Å². The first-order valence-electron chi connectivity index (χ1n) is 4.72. The SMILES string of the molecule is C=Cc1ccc(C(=O)c2ccc[nH]2)cc1. The van der Waals surface area contributed by atoms with Crippen molar-refractivity contribution in [2.45, 2.75) is 0 Å². The molecule has 2 nitrogen and oxygen atoms in total. The van der Waals surface area contributed by atoms with Crippen LogP contribution in [0.25, 0.3) is 6.08 Å². The Morgan fingerprint density at radius 2 is 1.93 bits per heavy atom. The molecule has 0 fully saturated rings. The van der Waals surface area contributed by atoms with Crippen LogP contribution >= 0.6 is 0 Å². The number of hydrogen-bond donors (Lipinski definition) is 1. The first-order chi connectivity index (χ1) is 7.31.